The zero-order valence-electron chi connectivity index (χ0n) is 13.6. The number of hydrogen-bond donors (Lipinski definition) is 0. The summed E-state index contributed by atoms with van der Waals surface area (Å²) in [4.78, 5) is 28.7. The van der Waals surface area contributed by atoms with E-state index >= 15 is 0 Å². The minimum absolute atomic E-state index is 0.163. The molecule has 0 radical (unpaired) electrons. The van der Waals surface area contributed by atoms with Crippen LogP contribution in [0.5, 0.6) is 0 Å². The molecular weight excluding hydrogens is 295 g/mol. The number of carbonyl (C=O) groups is 2. The second-order valence-corrected chi connectivity index (χ2v) is 6.86. The molecule has 0 aromatic heterocycles. The summed E-state index contributed by atoms with van der Waals surface area (Å²) in [7, 11) is 0. The van der Waals surface area contributed by atoms with Gasteiger partial charge in [-0.3, -0.25) is 9.59 Å². The maximum atomic E-state index is 13.3. The molecule has 0 bridgehead atoms. The molecule has 3 rings (SSSR count). The number of hydrogen-bond acceptors (Lipinski definition) is 2. The van der Waals surface area contributed by atoms with Crippen LogP contribution in [-0.2, 0) is 4.79 Å². The van der Waals surface area contributed by atoms with Crippen LogP contribution >= 0.6 is 0 Å². The molecule has 5 heteroatoms. The molecular formula is C18H23FN2O2. The average molecular weight is 318 g/mol. The van der Waals surface area contributed by atoms with Gasteiger partial charge >= 0.3 is 0 Å². The van der Waals surface area contributed by atoms with Gasteiger partial charge in [-0.2, -0.15) is 0 Å². The fourth-order valence-corrected chi connectivity index (χ4v) is 3.67. The summed E-state index contributed by atoms with van der Waals surface area (Å²) in [6.07, 6.45) is 4.18. The summed E-state index contributed by atoms with van der Waals surface area (Å²) in [5.41, 5.74) is 0.155. The maximum absolute atomic E-state index is 13.3. The van der Waals surface area contributed by atoms with Crippen LogP contribution in [0.3, 0.4) is 0 Å². The lowest BCUT2D eigenvalue weighted by Crippen LogP contribution is -2.53. The molecule has 1 saturated carbocycles. The van der Waals surface area contributed by atoms with Crippen LogP contribution in [0.1, 0.15) is 43.0 Å². The zero-order chi connectivity index (χ0) is 16.4. The van der Waals surface area contributed by atoms with E-state index in [4.69, 9.17) is 0 Å². The minimum Gasteiger partial charge on any atom is -0.339 e. The van der Waals surface area contributed by atoms with Gasteiger partial charge in [-0.05, 0) is 31.0 Å². The van der Waals surface area contributed by atoms with Crippen LogP contribution in [0.25, 0.3) is 0 Å². The van der Waals surface area contributed by atoms with Crippen LogP contribution in [0.2, 0.25) is 0 Å². The van der Waals surface area contributed by atoms with Crippen molar-refractivity contribution >= 4 is 11.8 Å². The smallest absolute Gasteiger partial charge is 0.254 e. The average Bonchev–Trinajstić information content (AvgIpc) is 3.01. The number of benzene rings is 1. The first-order chi connectivity index (χ1) is 11.0. The van der Waals surface area contributed by atoms with Crippen molar-refractivity contribution < 1.29 is 14.0 Å². The number of carbonyl (C=O) groups excluding carboxylic acids is 2. The molecule has 0 spiro atoms. The molecule has 4 nitrogen and oxygen atoms in total. The fourth-order valence-electron chi connectivity index (χ4n) is 3.67. The first-order valence-corrected chi connectivity index (χ1v) is 8.34. The van der Waals surface area contributed by atoms with E-state index in [9.17, 15) is 14.0 Å². The Labute approximate surface area is 136 Å². The third-order valence-corrected chi connectivity index (χ3v) is 5.15. The van der Waals surface area contributed by atoms with Crippen molar-refractivity contribution in [3.8, 4) is 0 Å². The SMILES string of the molecule is CC1(C(=O)N2CCN(C(=O)c3cccc(F)c3)CC2)CCCC1. The number of amides is 2. The molecule has 1 aliphatic heterocycles. The fraction of sp³-hybridized carbons (Fsp3) is 0.556. The summed E-state index contributed by atoms with van der Waals surface area (Å²) in [5, 5.41) is 0. The van der Waals surface area contributed by atoms with Gasteiger partial charge in [0.25, 0.3) is 5.91 Å². The molecule has 23 heavy (non-hydrogen) atoms. The van der Waals surface area contributed by atoms with Crippen molar-refractivity contribution in [2.24, 2.45) is 5.41 Å². The molecule has 1 aromatic rings. The number of halogens is 1. The monoisotopic (exact) mass is 318 g/mol. The van der Waals surface area contributed by atoms with Crippen LogP contribution < -0.4 is 0 Å². The van der Waals surface area contributed by atoms with Gasteiger partial charge in [-0.15, -0.1) is 0 Å². The van der Waals surface area contributed by atoms with Crippen molar-refractivity contribution in [2.75, 3.05) is 26.2 Å². The predicted octanol–water partition coefficient (Wildman–Crippen LogP) is 2.69. The van der Waals surface area contributed by atoms with Gasteiger partial charge in [-0.1, -0.05) is 25.8 Å². The lowest BCUT2D eigenvalue weighted by molar-refractivity contribution is -0.142. The summed E-state index contributed by atoms with van der Waals surface area (Å²) in [6, 6.07) is 5.76. The molecule has 1 saturated heterocycles. The highest BCUT2D eigenvalue weighted by molar-refractivity contribution is 5.94. The minimum atomic E-state index is -0.404. The Morgan fingerprint density at radius 1 is 1.04 bits per heavy atom. The summed E-state index contributed by atoms with van der Waals surface area (Å²) in [6.45, 7) is 4.21. The van der Waals surface area contributed by atoms with Crippen LogP contribution in [0, 0.1) is 11.2 Å². The molecule has 2 aliphatic rings. The van der Waals surface area contributed by atoms with E-state index < -0.39 is 5.82 Å². The first-order valence-electron chi connectivity index (χ1n) is 8.34. The van der Waals surface area contributed by atoms with E-state index in [1.54, 1.807) is 17.0 Å². The third kappa shape index (κ3) is 3.23. The van der Waals surface area contributed by atoms with Gasteiger partial charge in [0.2, 0.25) is 5.91 Å². The molecule has 1 aliphatic carbocycles. The second kappa shape index (κ2) is 6.30. The molecule has 1 aromatic carbocycles. The highest BCUT2D eigenvalue weighted by Gasteiger charge is 2.40. The summed E-state index contributed by atoms with van der Waals surface area (Å²) in [5.74, 6) is -0.338. The molecule has 124 valence electrons. The molecule has 0 N–H and O–H groups in total. The van der Waals surface area contributed by atoms with Crippen molar-refractivity contribution in [1.29, 1.82) is 0 Å². The Bertz CT molecular complexity index is 603. The van der Waals surface area contributed by atoms with Crippen molar-refractivity contribution in [2.45, 2.75) is 32.6 Å². The Balaban J connectivity index is 1.60. The Kier molecular flexibility index (Phi) is 4.37. The van der Waals surface area contributed by atoms with Crippen LogP contribution in [-0.4, -0.2) is 47.8 Å². The van der Waals surface area contributed by atoms with Gasteiger partial charge in [0.1, 0.15) is 5.82 Å². The largest absolute Gasteiger partial charge is 0.339 e. The van der Waals surface area contributed by atoms with Crippen LogP contribution in [0.4, 0.5) is 4.39 Å². The lowest BCUT2D eigenvalue weighted by atomic mass is 9.87. The molecule has 0 unspecified atom stereocenters. The molecule has 1 heterocycles. The van der Waals surface area contributed by atoms with E-state index in [2.05, 4.69) is 6.92 Å². The van der Waals surface area contributed by atoms with Crippen LogP contribution in [0.15, 0.2) is 24.3 Å². The standard InChI is InChI=1S/C18H23FN2O2/c1-18(7-2-3-8-18)17(23)21-11-9-20(10-12-21)16(22)14-5-4-6-15(19)13-14/h4-6,13H,2-3,7-12H2,1H3. The van der Waals surface area contributed by atoms with Crippen molar-refractivity contribution in [3.63, 3.8) is 0 Å². The van der Waals surface area contributed by atoms with E-state index in [1.807, 2.05) is 4.90 Å². The number of piperazine rings is 1. The van der Waals surface area contributed by atoms with Crippen molar-refractivity contribution in [3.05, 3.63) is 35.6 Å². The van der Waals surface area contributed by atoms with E-state index in [0.717, 1.165) is 25.7 Å². The van der Waals surface area contributed by atoms with Gasteiger partial charge in [0.05, 0.1) is 0 Å². The van der Waals surface area contributed by atoms with E-state index in [1.165, 1.54) is 12.1 Å². The third-order valence-electron chi connectivity index (χ3n) is 5.15. The van der Waals surface area contributed by atoms with Gasteiger partial charge < -0.3 is 9.80 Å². The Hall–Kier alpha value is -1.91. The Morgan fingerprint density at radius 2 is 1.65 bits per heavy atom. The normalized spacial score (nSPS) is 20.6. The zero-order valence-corrected chi connectivity index (χ0v) is 13.6. The lowest BCUT2D eigenvalue weighted by Gasteiger charge is -2.38. The molecule has 2 amide bonds. The van der Waals surface area contributed by atoms with E-state index in [0.29, 0.717) is 31.7 Å². The van der Waals surface area contributed by atoms with Gasteiger partial charge in [-0.25, -0.2) is 4.39 Å². The Morgan fingerprint density at radius 3 is 2.26 bits per heavy atom. The maximum Gasteiger partial charge on any atom is 0.254 e. The second-order valence-electron chi connectivity index (χ2n) is 6.86. The van der Waals surface area contributed by atoms with Gasteiger partial charge in [0.15, 0.2) is 0 Å². The number of rotatable bonds is 2. The highest BCUT2D eigenvalue weighted by Crippen LogP contribution is 2.39. The van der Waals surface area contributed by atoms with E-state index in [-0.39, 0.29) is 17.2 Å². The predicted molar refractivity (Wildman–Crippen MR) is 85.5 cm³/mol. The molecule has 2 fully saturated rings. The highest BCUT2D eigenvalue weighted by atomic mass is 19.1. The summed E-state index contributed by atoms with van der Waals surface area (Å²) >= 11 is 0. The van der Waals surface area contributed by atoms with Gasteiger partial charge in [0, 0.05) is 37.2 Å². The summed E-state index contributed by atoms with van der Waals surface area (Å²) < 4.78 is 13.3. The quantitative estimate of drug-likeness (QED) is 0.841. The molecule has 0 atom stereocenters. The first kappa shape index (κ1) is 16.0. The topological polar surface area (TPSA) is 40.6 Å². The van der Waals surface area contributed by atoms with Crippen molar-refractivity contribution in [1.82, 2.24) is 9.80 Å². The number of nitrogens with zero attached hydrogens (tertiary/aromatic N) is 2.